The van der Waals surface area contributed by atoms with E-state index in [1.54, 1.807) is 35.5 Å². The summed E-state index contributed by atoms with van der Waals surface area (Å²) in [6.45, 7) is 0.420. The average molecular weight is 481 g/mol. The van der Waals surface area contributed by atoms with Crippen LogP contribution in [0.2, 0.25) is 0 Å². The van der Waals surface area contributed by atoms with Gasteiger partial charge in [0.1, 0.15) is 6.61 Å². The van der Waals surface area contributed by atoms with Crippen molar-refractivity contribution in [3.05, 3.63) is 71.3 Å². The highest BCUT2D eigenvalue weighted by Gasteiger charge is 2.31. The summed E-state index contributed by atoms with van der Waals surface area (Å²) in [7, 11) is 8.05. The van der Waals surface area contributed by atoms with E-state index in [9.17, 15) is 0 Å². The average Bonchev–Trinajstić information content (AvgIpc) is 3.41. The number of rotatable bonds is 10. The van der Waals surface area contributed by atoms with Crippen LogP contribution in [0.4, 0.5) is 0 Å². The van der Waals surface area contributed by atoms with E-state index in [-0.39, 0.29) is 12.2 Å². The van der Waals surface area contributed by atoms with Gasteiger partial charge in [-0.1, -0.05) is 30.3 Å². The fourth-order valence-electron chi connectivity index (χ4n) is 4.39. The normalized spacial score (nSPS) is 17.1. The van der Waals surface area contributed by atoms with Crippen molar-refractivity contribution >= 4 is 0 Å². The van der Waals surface area contributed by atoms with E-state index < -0.39 is 0 Å². The third kappa shape index (κ3) is 5.25. The van der Waals surface area contributed by atoms with Gasteiger partial charge in [0.2, 0.25) is 11.5 Å². The monoisotopic (exact) mass is 480 g/mol. The van der Waals surface area contributed by atoms with Gasteiger partial charge >= 0.3 is 0 Å². The molecule has 0 aromatic heterocycles. The lowest BCUT2D eigenvalue weighted by molar-refractivity contribution is 0.0435. The lowest BCUT2D eigenvalue weighted by atomic mass is 10.0. The standard InChI is InChI=1S/C28H32O7/c1-29-23-13-19(14-24(30-2)27(23)32-4)21-11-12-22(35-21)20-15-25(31-3)28(33-5)26(16-20)34-17-18-9-7-6-8-10-18/h6-10,13-16,21-22H,11-12,17H2,1-5H3/t21-,22-/m1/s1. The molecule has 1 fully saturated rings. The van der Waals surface area contributed by atoms with E-state index in [2.05, 4.69) is 0 Å². The third-order valence-corrected chi connectivity index (χ3v) is 6.15. The molecule has 186 valence electrons. The Labute approximate surface area is 206 Å². The molecular formula is C28H32O7. The van der Waals surface area contributed by atoms with Crippen LogP contribution in [-0.4, -0.2) is 35.5 Å². The van der Waals surface area contributed by atoms with Crippen molar-refractivity contribution in [3.8, 4) is 34.5 Å². The van der Waals surface area contributed by atoms with Crippen LogP contribution in [0.15, 0.2) is 54.6 Å². The van der Waals surface area contributed by atoms with E-state index in [0.717, 1.165) is 29.5 Å². The van der Waals surface area contributed by atoms with Crippen molar-refractivity contribution < 1.29 is 33.2 Å². The molecule has 0 radical (unpaired) electrons. The van der Waals surface area contributed by atoms with Crippen LogP contribution in [0.3, 0.4) is 0 Å². The number of benzene rings is 3. The van der Waals surface area contributed by atoms with E-state index in [1.807, 2.05) is 54.6 Å². The van der Waals surface area contributed by atoms with Crippen LogP contribution >= 0.6 is 0 Å². The highest BCUT2D eigenvalue weighted by molar-refractivity contribution is 5.55. The fraction of sp³-hybridized carbons (Fsp3) is 0.357. The molecule has 1 aliphatic heterocycles. The Morgan fingerprint density at radius 2 is 1.09 bits per heavy atom. The number of ether oxygens (including phenoxy) is 7. The van der Waals surface area contributed by atoms with Gasteiger partial charge in [-0.15, -0.1) is 0 Å². The van der Waals surface area contributed by atoms with E-state index in [1.165, 1.54) is 0 Å². The summed E-state index contributed by atoms with van der Waals surface area (Å²) in [4.78, 5) is 0. The van der Waals surface area contributed by atoms with Crippen LogP contribution in [0.1, 0.15) is 41.7 Å². The lowest BCUT2D eigenvalue weighted by Crippen LogP contribution is -2.04. The molecule has 7 heteroatoms. The quantitative estimate of drug-likeness (QED) is 0.358. The fourth-order valence-corrected chi connectivity index (χ4v) is 4.39. The Morgan fingerprint density at radius 1 is 0.629 bits per heavy atom. The van der Waals surface area contributed by atoms with Gasteiger partial charge in [-0.2, -0.15) is 0 Å². The Kier molecular flexibility index (Phi) is 7.87. The first-order valence-corrected chi connectivity index (χ1v) is 11.5. The van der Waals surface area contributed by atoms with Crippen LogP contribution in [0.25, 0.3) is 0 Å². The molecule has 3 aromatic rings. The van der Waals surface area contributed by atoms with Gasteiger partial charge in [-0.25, -0.2) is 0 Å². The molecule has 1 aliphatic rings. The summed E-state index contributed by atoms with van der Waals surface area (Å²) in [6, 6.07) is 17.8. The first kappa shape index (κ1) is 24.5. The van der Waals surface area contributed by atoms with Gasteiger partial charge in [0.05, 0.1) is 47.8 Å². The van der Waals surface area contributed by atoms with Crippen molar-refractivity contribution in [2.75, 3.05) is 35.5 Å². The second kappa shape index (κ2) is 11.2. The second-order valence-corrected chi connectivity index (χ2v) is 8.18. The molecule has 0 unspecified atom stereocenters. The SMILES string of the molecule is COc1cc([C@H]2CC[C@H](c3cc(OC)c(OC)c(OCc4ccccc4)c3)O2)cc(OC)c1OC. The molecule has 0 saturated carbocycles. The Balaban J connectivity index is 1.59. The molecule has 1 heterocycles. The summed E-state index contributed by atoms with van der Waals surface area (Å²) in [5.74, 6) is 3.56. The minimum Gasteiger partial charge on any atom is -0.493 e. The van der Waals surface area contributed by atoms with E-state index in [0.29, 0.717) is 41.1 Å². The highest BCUT2D eigenvalue weighted by Crippen LogP contribution is 2.48. The number of hydrogen-bond acceptors (Lipinski definition) is 7. The molecule has 0 spiro atoms. The zero-order valence-electron chi connectivity index (χ0n) is 20.8. The first-order chi connectivity index (χ1) is 17.1. The Morgan fingerprint density at radius 3 is 1.54 bits per heavy atom. The third-order valence-electron chi connectivity index (χ3n) is 6.15. The summed E-state index contributed by atoms with van der Waals surface area (Å²) in [6.07, 6.45) is 1.45. The van der Waals surface area contributed by atoms with Gasteiger partial charge in [-0.05, 0) is 53.8 Å². The second-order valence-electron chi connectivity index (χ2n) is 8.18. The predicted molar refractivity (Wildman–Crippen MR) is 132 cm³/mol. The maximum atomic E-state index is 6.49. The van der Waals surface area contributed by atoms with Gasteiger partial charge in [-0.3, -0.25) is 0 Å². The van der Waals surface area contributed by atoms with E-state index >= 15 is 0 Å². The largest absolute Gasteiger partial charge is 0.493 e. The van der Waals surface area contributed by atoms with Crippen molar-refractivity contribution in [1.29, 1.82) is 0 Å². The molecule has 7 nitrogen and oxygen atoms in total. The highest BCUT2D eigenvalue weighted by atomic mass is 16.5. The minimum absolute atomic E-state index is 0.115. The zero-order chi connectivity index (χ0) is 24.8. The van der Waals surface area contributed by atoms with Gasteiger partial charge < -0.3 is 33.2 Å². The van der Waals surface area contributed by atoms with Crippen LogP contribution < -0.4 is 28.4 Å². The molecule has 1 saturated heterocycles. The smallest absolute Gasteiger partial charge is 0.203 e. The molecule has 4 rings (SSSR count). The first-order valence-electron chi connectivity index (χ1n) is 11.5. The Hall–Kier alpha value is -3.58. The molecule has 3 aromatic carbocycles. The molecule has 2 atom stereocenters. The minimum atomic E-state index is -0.127. The topological polar surface area (TPSA) is 64.6 Å². The van der Waals surface area contributed by atoms with Crippen molar-refractivity contribution in [1.82, 2.24) is 0 Å². The summed E-state index contributed by atoms with van der Waals surface area (Å²) < 4.78 is 40.4. The van der Waals surface area contributed by atoms with Gasteiger partial charge in [0.25, 0.3) is 0 Å². The zero-order valence-corrected chi connectivity index (χ0v) is 20.8. The molecular weight excluding hydrogens is 448 g/mol. The van der Waals surface area contributed by atoms with Crippen molar-refractivity contribution in [2.45, 2.75) is 31.7 Å². The van der Waals surface area contributed by atoms with Crippen LogP contribution in [0.5, 0.6) is 34.5 Å². The summed E-state index contributed by atoms with van der Waals surface area (Å²) in [5.41, 5.74) is 3.02. The van der Waals surface area contributed by atoms with Gasteiger partial charge in [0, 0.05) is 0 Å². The predicted octanol–water partition coefficient (Wildman–Crippen LogP) is 5.90. The number of hydrogen-bond donors (Lipinski definition) is 0. The van der Waals surface area contributed by atoms with Crippen molar-refractivity contribution in [2.24, 2.45) is 0 Å². The summed E-state index contributed by atoms with van der Waals surface area (Å²) >= 11 is 0. The molecule has 0 N–H and O–H groups in total. The van der Waals surface area contributed by atoms with Crippen LogP contribution in [0, 0.1) is 0 Å². The maximum Gasteiger partial charge on any atom is 0.203 e. The Bertz CT molecular complexity index is 1100. The maximum absolute atomic E-state index is 6.49. The molecule has 0 aliphatic carbocycles. The number of methoxy groups -OCH3 is 5. The lowest BCUT2D eigenvalue weighted by Gasteiger charge is -2.20. The van der Waals surface area contributed by atoms with E-state index in [4.69, 9.17) is 33.2 Å². The molecule has 0 amide bonds. The van der Waals surface area contributed by atoms with Crippen molar-refractivity contribution in [3.63, 3.8) is 0 Å². The van der Waals surface area contributed by atoms with Crippen LogP contribution in [-0.2, 0) is 11.3 Å². The molecule has 0 bridgehead atoms. The van der Waals surface area contributed by atoms with Gasteiger partial charge in [0.15, 0.2) is 23.0 Å². The summed E-state index contributed by atoms with van der Waals surface area (Å²) in [5, 5.41) is 0. The molecule has 35 heavy (non-hydrogen) atoms.